The van der Waals surface area contributed by atoms with Gasteiger partial charge >= 0.3 is 0 Å². The predicted molar refractivity (Wildman–Crippen MR) is 46.5 cm³/mol. The Morgan fingerprint density at radius 3 is 2.20 bits per heavy atom. The Kier molecular flexibility index (Phi) is 1.69. The normalized spacial score (nSPS) is 32.1. The van der Waals surface area contributed by atoms with Crippen LogP contribution in [0.4, 0.5) is 0 Å². The summed E-state index contributed by atoms with van der Waals surface area (Å²) in [7, 11) is 2.28. The van der Waals surface area contributed by atoms with E-state index in [9.17, 15) is 0 Å². The van der Waals surface area contributed by atoms with Crippen LogP contribution in [-0.2, 0) is 0 Å². The van der Waals surface area contributed by atoms with Gasteiger partial charge < -0.3 is 4.90 Å². The fraction of sp³-hybridized carbons (Fsp3) is 1.00. The molecule has 0 aromatic carbocycles. The van der Waals surface area contributed by atoms with E-state index in [0.717, 1.165) is 0 Å². The Bertz CT molecular complexity index is 129. The van der Waals surface area contributed by atoms with Gasteiger partial charge in [-0.15, -0.1) is 0 Å². The minimum absolute atomic E-state index is 0.672. The molecule has 10 heavy (non-hydrogen) atoms. The minimum atomic E-state index is 0.672. The largest absolute Gasteiger partial charge is 0.301 e. The van der Waals surface area contributed by atoms with E-state index in [2.05, 4.69) is 23.7 Å². The number of hydrogen-bond acceptors (Lipinski definition) is 2. The lowest BCUT2D eigenvalue weighted by atomic mass is 9.80. The van der Waals surface area contributed by atoms with Crippen LogP contribution < -0.4 is 0 Å². The van der Waals surface area contributed by atoms with Crippen LogP contribution in [-0.4, -0.2) is 35.5 Å². The Labute approximate surface area is 67.2 Å². The van der Waals surface area contributed by atoms with E-state index in [0.29, 0.717) is 5.54 Å². The number of thioether (sulfide) groups is 1. The molecule has 0 radical (unpaired) electrons. The minimum Gasteiger partial charge on any atom is -0.301 e. The van der Waals surface area contributed by atoms with Crippen LogP contribution in [0.5, 0.6) is 0 Å². The van der Waals surface area contributed by atoms with Crippen molar-refractivity contribution >= 4 is 11.8 Å². The van der Waals surface area contributed by atoms with Crippen molar-refractivity contribution < 1.29 is 0 Å². The van der Waals surface area contributed by atoms with Gasteiger partial charge in [0.1, 0.15) is 0 Å². The fourth-order valence-corrected chi connectivity index (χ4v) is 3.29. The molecule has 0 unspecified atom stereocenters. The Morgan fingerprint density at radius 2 is 1.90 bits per heavy atom. The molecule has 1 nitrogen and oxygen atoms in total. The zero-order chi connectivity index (χ0) is 7.03. The Balaban J connectivity index is 1.99. The third kappa shape index (κ3) is 0.892. The van der Waals surface area contributed by atoms with E-state index in [1.165, 1.54) is 37.3 Å². The van der Waals surface area contributed by atoms with Crippen molar-refractivity contribution in [3.63, 3.8) is 0 Å². The second-order valence-electron chi connectivity index (χ2n) is 3.51. The van der Waals surface area contributed by atoms with E-state index in [1.54, 1.807) is 0 Å². The molecule has 0 bridgehead atoms. The van der Waals surface area contributed by atoms with Crippen LogP contribution >= 0.6 is 11.8 Å². The molecule has 0 atom stereocenters. The van der Waals surface area contributed by atoms with Gasteiger partial charge in [-0.1, -0.05) is 0 Å². The van der Waals surface area contributed by atoms with E-state index >= 15 is 0 Å². The zero-order valence-electron chi connectivity index (χ0n) is 6.60. The van der Waals surface area contributed by atoms with Crippen molar-refractivity contribution in [2.24, 2.45) is 0 Å². The van der Waals surface area contributed by atoms with Gasteiger partial charge in [0.15, 0.2) is 0 Å². The second kappa shape index (κ2) is 2.42. The van der Waals surface area contributed by atoms with Crippen molar-refractivity contribution in [2.75, 3.05) is 25.1 Å². The van der Waals surface area contributed by atoms with Crippen molar-refractivity contribution in [3.05, 3.63) is 0 Å². The molecular weight excluding hydrogens is 142 g/mol. The standard InChI is InChI=1S/C8H15NS/c1-9-5-2-8(9)3-6-10-7-4-8/h2-7H2,1H3. The number of nitrogens with zero attached hydrogens (tertiary/aromatic N) is 1. The van der Waals surface area contributed by atoms with Crippen molar-refractivity contribution in [3.8, 4) is 0 Å². The first-order valence-electron chi connectivity index (χ1n) is 4.13. The highest BCUT2D eigenvalue weighted by atomic mass is 32.2. The van der Waals surface area contributed by atoms with Gasteiger partial charge in [0.05, 0.1) is 0 Å². The van der Waals surface area contributed by atoms with Crippen LogP contribution in [0.2, 0.25) is 0 Å². The Morgan fingerprint density at radius 1 is 1.20 bits per heavy atom. The van der Waals surface area contributed by atoms with Gasteiger partial charge in [-0.2, -0.15) is 11.8 Å². The highest BCUT2D eigenvalue weighted by molar-refractivity contribution is 7.99. The van der Waals surface area contributed by atoms with E-state index in [4.69, 9.17) is 0 Å². The van der Waals surface area contributed by atoms with E-state index in [-0.39, 0.29) is 0 Å². The lowest BCUT2D eigenvalue weighted by molar-refractivity contribution is 0.00400. The Hall–Kier alpha value is 0.310. The lowest BCUT2D eigenvalue weighted by Crippen LogP contribution is -2.59. The summed E-state index contributed by atoms with van der Waals surface area (Å²) in [5, 5.41) is 0. The predicted octanol–water partition coefficient (Wildman–Crippen LogP) is 1.59. The third-order valence-electron chi connectivity index (χ3n) is 3.15. The van der Waals surface area contributed by atoms with E-state index in [1.807, 2.05) is 0 Å². The first-order valence-corrected chi connectivity index (χ1v) is 5.28. The molecule has 0 N–H and O–H groups in total. The highest BCUT2D eigenvalue weighted by Crippen LogP contribution is 2.40. The van der Waals surface area contributed by atoms with Crippen molar-refractivity contribution in [1.82, 2.24) is 4.90 Å². The van der Waals surface area contributed by atoms with Crippen LogP contribution in [0.1, 0.15) is 19.3 Å². The zero-order valence-corrected chi connectivity index (χ0v) is 7.41. The third-order valence-corrected chi connectivity index (χ3v) is 4.13. The van der Waals surface area contributed by atoms with Gasteiger partial charge in [-0.05, 0) is 37.8 Å². The maximum Gasteiger partial charge on any atom is 0.0234 e. The number of hydrogen-bond donors (Lipinski definition) is 0. The maximum absolute atomic E-state index is 2.55. The van der Waals surface area contributed by atoms with Crippen molar-refractivity contribution in [2.45, 2.75) is 24.8 Å². The van der Waals surface area contributed by atoms with Crippen LogP contribution in [0, 0.1) is 0 Å². The molecule has 2 heteroatoms. The molecule has 2 fully saturated rings. The first-order chi connectivity index (χ1) is 4.83. The average Bonchev–Trinajstić information content (AvgIpc) is 2.04. The molecule has 0 aliphatic carbocycles. The molecule has 0 amide bonds. The molecule has 2 aliphatic rings. The molecule has 1 spiro atoms. The molecule has 58 valence electrons. The molecular formula is C8H15NS. The van der Waals surface area contributed by atoms with Gasteiger partial charge in [-0.3, -0.25) is 0 Å². The summed E-state index contributed by atoms with van der Waals surface area (Å²) in [6, 6.07) is 0. The van der Waals surface area contributed by atoms with Crippen molar-refractivity contribution in [1.29, 1.82) is 0 Å². The number of likely N-dealkylation sites (tertiary alicyclic amines) is 1. The monoisotopic (exact) mass is 157 g/mol. The first kappa shape index (κ1) is 6.99. The van der Waals surface area contributed by atoms with Crippen LogP contribution in [0.15, 0.2) is 0 Å². The fourth-order valence-electron chi connectivity index (χ4n) is 2.03. The molecule has 2 rings (SSSR count). The second-order valence-corrected chi connectivity index (χ2v) is 4.73. The van der Waals surface area contributed by atoms with Gasteiger partial charge in [-0.25, -0.2) is 0 Å². The van der Waals surface area contributed by atoms with Crippen LogP contribution in [0.3, 0.4) is 0 Å². The summed E-state index contributed by atoms with van der Waals surface area (Å²) in [6.07, 6.45) is 4.34. The summed E-state index contributed by atoms with van der Waals surface area (Å²) in [4.78, 5) is 2.55. The summed E-state index contributed by atoms with van der Waals surface area (Å²) in [5.74, 6) is 2.79. The van der Waals surface area contributed by atoms with Crippen LogP contribution in [0.25, 0.3) is 0 Å². The van der Waals surface area contributed by atoms with Gasteiger partial charge in [0, 0.05) is 12.1 Å². The van der Waals surface area contributed by atoms with Gasteiger partial charge in [0.25, 0.3) is 0 Å². The quantitative estimate of drug-likeness (QED) is 0.525. The smallest absolute Gasteiger partial charge is 0.0234 e. The summed E-state index contributed by atoms with van der Waals surface area (Å²) < 4.78 is 0. The summed E-state index contributed by atoms with van der Waals surface area (Å²) in [5.41, 5.74) is 0.672. The number of rotatable bonds is 0. The lowest BCUT2D eigenvalue weighted by Gasteiger charge is -2.53. The molecule has 2 aliphatic heterocycles. The highest BCUT2D eigenvalue weighted by Gasteiger charge is 2.42. The average molecular weight is 157 g/mol. The maximum atomic E-state index is 2.55. The molecule has 0 saturated carbocycles. The SMILES string of the molecule is CN1CCC12CCSCC2. The molecule has 0 aromatic heterocycles. The van der Waals surface area contributed by atoms with E-state index < -0.39 is 0 Å². The molecule has 0 aromatic rings. The summed E-state index contributed by atoms with van der Waals surface area (Å²) in [6.45, 7) is 1.34. The topological polar surface area (TPSA) is 3.24 Å². The summed E-state index contributed by atoms with van der Waals surface area (Å²) >= 11 is 2.12. The molecule has 2 heterocycles. The molecule has 2 saturated heterocycles. The van der Waals surface area contributed by atoms with Gasteiger partial charge in [0.2, 0.25) is 0 Å².